The van der Waals surface area contributed by atoms with Crippen molar-refractivity contribution in [1.29, 1.82) is 0 Å². The van der Waals surface area contributed by atoms with Gasteiger partial charge in [-0.1, -0.05) is 17.7 Å². The van der Waals surface area contributed by atoms with E-state index in [1.54, 1.807) is 5.38 Å². The lowest BCUT2D eigenvalue weighted by Crippen LogP contribution is -2.01. The second-order valence-corrected chi connectivity index (χ2v) is 4.34. The first-order chi connectivity index (χ1) is 7.24. The van der Waals surface area contributed by atoms with Crippen molar-refractivity contribution in [1.82, 2.24) is 9.97 Å². The number of aromatic nitrogens is 2. The zero-order valence-corrected chi connectivity index (χ0v) is 9.77. The highest BCUT2D eigenvalue weighted by molar-refractivity contribution is 7.14. The van der Waals surface area contributed by atoms with Gasteiger partial charge in [0.05, 0.1) is 12.2 Å². The van der Waals surface area contributed by atoms with Crippen LogP contribution < -0.4 is 5.32 Å². The van der Waals surface area contributed by atoms with E-state index in [0.29, 0.717) is 11.7 Å². The van der Waals surface area contributed by atoms with Crippen LogP contribution in [0.2, 0.25) is 5.15 Å². The van der Waals surface area contributed by atoms with Crippen LogP contribution in [0.5, 0.6) is 0 Å². The fourth-order valence-corrected chi connectivity index (χ4v) is 2.04. The predicted molar refractivity (Wildman–Crippen MR) is 63.4 cm³/mol. The largest absolute Gasteiger partial charge is 0.356 e. The number of hydrogen-bond donors (Lipinski definition) is 1. The van der Waals surface area contributed by atoms with E-state index >= 15 is 0 Å². The van der Waals surface area contributed by atoms with Crippen LogP contribution in [0.25, 0.3) is 0 Å². The monoisotopic (exact) mass is 239 g/mol. The number of aryl methyl sites for hydroxylation is 1. The lowest BCUT2D eigenvalue weighted by molar-refractivity contribution is 1.01. The first kappa shape index (κ1) is 10.4. The van der Waals surface area contributed by atoms with E-state index in [0.717, 1.165) is 16.5 Å². The first-order valence-corrected chi connectivity index (χ1v) is 5.77. The molecule has 1 N–H and O–H groups in total. The fourth-order valence-electron chi connectivity index (χ4n) is 1.20. The Morgan fingerprint density at radius 2 is 2.27 bits per heavy atom. The van der Waals surface area contributed by atoms with Gasteiger partial charge in [0.1, 0.15) is 5.15 Å². The van der Waals surface area contributed by atoms with Crippen molar-refractivity contribution in [3.05, 3.63) is 40.1 Å². The summed E-state index contributed by atoms with van der Waals surface area (Å²) < 4.78 is 0. The molecular weight excluding hydrogens is 230 g/mol. The third-order valence-corrected chi connectivity index (χ3v) is 2.97. The molecule has 0 unspecified atom stereocenters. The van der Waals surface area contributed by atoms with Gasteiger partial charge in [-0.3, -0.25) is 4.98 Å². The maximum absolute atomic E-state index is 5.71. The normalized spacial score (nSPS) is 10.3. The Labute approximate surface area is 97.2 Å². The summed E-state index contributed by atoms with van der Waals surface area (Å²) in [5.41, 5.74) is 2.02. The summed E-state index contributed by atoms with van der Waals surface area (Å²) in [6, 6.07) is 5.95. The molecule has 0 amide bonds. The molecule has 2 aromatic rings. The molecule has 15 heavy (non-hydrogen) atoms. The Morgan fingerprint density at radius 1 is 1.40 bits per heavy atom. The highest BCUT2D eigenvalue weighted by atomic mass is 35.5. The maximum Gasteiger partial charge on any atom is 0.184 e. The average Bonchev–Trinajstić information content (AvgIpc) is 2.62. The number of thiazole rings is 1. The minimum Gasteiger partial charge on any atom is -0.356 e. The Morgan fingerprint density at radius 3 is 2.93 bits per heavy atom. The van der Waals surface area contributed by atoms with Crippen molar-refractivity contribution < 1.29 is 0 Å². The van der Waals surface area contributed by atoms with Crippen LogP contribution in [0.3, 0.4) is 0 Å². The van der Waals surface area contributed by atoms with E-state index in [-0.39, 0.29) is 0 Å². The minimum absolute atomic E-state index is 0.528. The summed E-state index contributed by atoms with van der Waals surface area (Å²) in [5, 5.41) is 6.32. The third kappa shape index (κ3) is 2.91. The molecule has 0 aliphatic carbocycles. The molecule has 2 rings (SSSR count). The molecule has 0 spiro atoms. The third-order valence-electron chi connectivity index (χ3n) is 1.84. The topological polar surface area (TPSA) is 37.8 Å². The van der Waals surface area contributed by atoms with Gasteiger partial charge in [0.2, 0.25) is 0 Å². The lowest BCUT2D eigenvalue weighted by atomic mass is 10.3. The van der Waals surface area contributed by atoms with Crippen LogP contribution >= 0.6 is 22.9 Å². The minimum atomic E-state index is 0.528. The lowest BCUT2D eigenvalue weighted by Gasteiger charge is -2.02. The number of pyridine rings is 1. The highest BCUT2D eigenvalue weighted by Crippen LogP contribution is 2.19. The molecule has 0 saturated heterocycles. The van der Waals surface area contributed by atoms with E-state index in [1.807, 2.05) is 25.1 Å². The van der Waals surface area contributed by atoms with Crippen LogP contribution in [0.1, 0.15) is 11.4 Å². The first-order valence-electron chi connectivity index (χ1n) is 4.51. The van der Waals surface area contributed by atoms with Crippen LogP contribution in [0.4, 0.5) is 5.13 Å². The molecule has 78 valence electrons. The molecule has 0 bridgehead atoms. The molecule has 2 aromatic heterocycles. The van der Waals surface area contributed by atoms with Gasteiger partial charge in [-0.2, -0.15) is 0 Å². The van der Waals surface area contributed by atoms with Gasteiger partial charge in [0.25, 0.3) is 0 Å². The Bertz CT molecular complexity index is 455. The number of hydrogen-bond acceptors (Lipinski definition) is 4. The molecule has 0 aliphatic heterocycles. The van der Waals surface area contributed by atoms with E-state index in [9.17, 15) is 0 Å². The standard InChI is InChI=1S/C10H10ClN3S/c1-7-3-2-4-8(13-7)5-12-10-14-9(11)6-15-10/h2-4,6H,5H2,1H3,(H,12,14). The van der Waals surface area contributed by atoms with E-state index < -0.39 is 0 Å². The van der Waals surface area contributed by atoms with E-state index in [2.05, 4.69) is 15.3 Å². The van der Waals surface area contributed by atoms with Gasteiger partial charge in [0, 0.05) is 11.1 Å². The second-order valence-electron chi connectivity index (χ2n) is 3.10. The SMILES string of the molecule is Cc1cccc(CNc2nc(Cl)cs2)n1. The van der Waals surface area contributed by atoms with E-state index in [1.165, 1.54) is 11.3 Å². The van der Waals surface area contributed by atoms with Crippen molar-refractivity contribution in [3.63, 3.8) is 0 Å². The summed E-state index contributed by atoms with van der Waals surface area (Å²) in [7, 11) is 0. The second kappa shape index (κ2) is 4.59. The molecule has 0 aliphatic rings. The summed E-state index contributed by atoms with van der Waals surface area (Å²) in [4.78, 5) is 8.47. The van der Waals surface area contributed by atoms with Gasteiger partial charge in [-0.25, -0.2) is 4.98 Å². The van der Waals surface area contributed by atoms with Crippen molar-refractivity contribution >= 4 is 28.1 Å². The number of nitrogens with one attached hydrogen (secondary N) is 1. The number of nitrogens with zero attached hydrogens (tertiary/aromatic N) is 2. The number of rotatable bonds is 3. The number of halogens is 1. The Kier molecular flexibility index (Phi) is 3.18. The zero-order valence-electron chi connectivity index (χ0n) is 8.20. The average molecular weight is 240 g/mol. The van der Waals surface area contributed by atoms with Gasteiger partial charge < -0.3 is 5.32 Å². The van der Waals surface area contributed by atoms with Gasteiger partial charge >= 0.3 is 0 Å². The molecule has 0 fully saturated rings. The highest BCUT2D eigenvalue weighted by Gasteiger charge is 1.99. The van der Waals surface area contributed by atoms with Crippen LogP contribution in [-0.2, 0) is 6.54 Å². The summed E-state index contributed by atoms with van der Waals surface area (Å²) in [6.45, 7) is 2.65. The molecule has 0 radical (unpaired) electrons. The Balaban J connectivity index is 1.99. The maximum atomic E-state index is 5.71. The van der Waals surface area contributed by atoms with Crippen molar-refractivity contribution in [2.45, 2.75) is 13.5 Å². The summed E-state index contributed by atoms with van der Waals surface area (Å²) >= 11 is 7.20. The molecule has 0 atom stereocenters. The smallest absolute Gasteiger partial charge is 0.184 e. The molecular formula is C10H10ClN3S. The van der Waals surface area contributed by atoms with Gasteiger partial charge in [0.15, 0.2) is 5.13 Å². The summed E-state index contributed by atoms with van der Waals surface area (Å²) in [6.07, 6.45) is 0. The van der Waals surface area contributed by atoms with Gasteiger partial charge in [-0.15, -0.1) is 11.3 Å². The van der Waals surface area contributed by atoms with Crippen LogP contribution in [-0.4, -0.2) is 9.97 Å². The zero-order chi connectivity index (χ0) is 10.7. The molecule has 0 saturated carbocycles. The molecule has 3 nitrogen and oxygen atoms in total. The molecule has 0 aromatic carbocycles. The number of anilines is 1. The molecule has 5 heteroatoms. The van der Waals surface area contributed by atoms with Gasteiger partial charge in [-0.05, 0) is 19.1 Å². The van der Waals surface area contributed by atoms with Crippen molar-refractivity contribution in [3.8, 4) is 0 Å². The predicted octanol–water partition coefficient (Wildman–Crippen LogP) is 3.11. The van der Waals surface area contributed by atoms with Crippen LogP contribution in [0.15, 0.2) is 23.6 Å². The quantitative estimate of drug-likeness (QED) is 0.895. The van der Waals surface area contributed by atoms with Crippen molar-refractivity contribution in [2.24, 2.45) is 0 Å². The van der Waals surface area contributed by atoms with Crippen molar-refractivity contribution in [2.75, 3.05) is 5.32 Å². The summed E-state index contributed by atoms with van der Waals surface area (Å²) in [5.74, 6) is 0. The van der Waals surface area contributed by atoms with Crippen LogP contribution in [0, 0.1) is 6.92 Å². The Hall–Kier alpha value is -1.13. The molecule has 2 heterocycles. The van der Waals surface area contributed by atoms with E-state index in [4.69, 9.17) is 11.6 Å². The fraction of sp³-hybridized carbons (Fsp3) is 0.200.